The van der Waals surface area contributed by atoms with Crippen molar-refractivity contribution in [3.8, 4) is 0 Å². The molecule has 0 aromatic carbocycles. The van der Waals surface area contributed by atoms with E-state index >= 15 is 0 Å². The van der Waals surface area contributed by atoms with E-state index in [0.717, 1.165) is 39.3 Å². The van der Waals surface area contributed by atoms with Crippen LogP contribution in [0.2, 0.25) is 0 Å². The first kappa shape index (κ1) is 17.4. The minimum Gasteiger partial charge on any atom is -0.481 e. The number of aliphatic carboxylic acids is 1. The third kappa shape index (κ3) is 4.72. The van der Waals surface area contributed by atoms with Crippen molar-refractivity contribution in [3.63, 3.8) is 0 Å². The molecule has 0 aromatic heterocycles. The van der Waals surface area contributed by atoms with Crippen molar-refractivity contribution >= 4 is 5.97 Å². The van der Waals surface area contributed by atoms with Crippen LogP contribution in [0.15, 0.2) is 0 Å². The van der Waals surface area contributed by atoms with Crippen LogP contribution in [0.25, 0.3) is 0 Å². The second kappa shape index (κ2) is 7.96. The lowest BCUT2D eigenvalue weighted by molar-refractivity contribution is -0.151. The lowest BCUT2D eigenvalue weighted by atomic mass is 9.81. The molecular formula is C15H31N3O2. The minimum absolute atomic E-state index is 0.564. The van der Waals surface area contributed by atoms with Gasteiger partial charge in [0, 0.05) is 45.8 Å². The summed E-state index contributed by atoms with van der Waals surface area (Å²) in [6, 6.07) is 0. The van der Waals surface area contributed by atoms with Gasteiger partial charge in [-0.25, -0.2) is 0 Å². The van der Waals surface area contributed by atoms with Crippen molar-refractivity contribution in [2.75, 3.05) is 59.9 Å². The van der Waals surface area contributed by atoms with Gasteiger partial charge >= 0.3 is 5.97 Å². The van der Waals surface area contributed by atoms with Crippen LogP contribution in [-0.4, -0.2) is 85.7 Å². The summed E-state index contributed by atoms with van der Waals surface area (Å²) in [5.41, 5.74) is -0.564. The summed E-state index contributed by atoms with van der Waals surface area (Å²) in [5.74, 6) is -0.641. The molecule has 1 fully saturated rings. The number of piperazine rings is 1. The van der Waals surface area contributed by atoms with E-state index in [0.29, 0.717) is 19.4 Å². The highest BCUT2D eigenvalue weighted by molar-refractivity contribution is 5.74. The molecule has 0 bridgehead atoms. The van der Waals surface area contributed by atoms with Crippen molar-refractivity contribution in [2.45, 2.75) is 26.7 Å². The van der Waals surface area contributed by atoms with E-state index < -0.39 is 11.4 Å². The molecule has 0 spiro atoms. The number of carbonyl (C=O) groups is 1. The lowest BCUT2D eigenvalue weighted by Gasteiger charge is -2.39. The standard InChI is InChI=1S/C15H31N3O2/c1-5-15(6-2,14(19)20)13-18-11-9-17(10-12-18)8-7-16(3)4/h5-13H2,1-4H3,(H,19,20). The monoisotopic (exact) mass is 285 g/mol. The van der Waals surface area contributed by atoms with Crippen molar-refractivity contribution < 1.29 is 9.90 Å². The average Bonchev–Trinajstić information content (AvgIpc) is 2.43. The molecule has 0 atom stereocenters. The van der Waals surface area contributed by atoms with E-state index in [1.54, 1.807) is 0 Å². The third-order valence-corrected chi connectivity index (χ3v) is 4.66. The van der Waals surface area contributed by atoms with Gasteiger partial charge in [0.15, 0.2) is 0 Å². The zero-order valence-electron chi connectivity index (χ0n) is 13.6. The number of rotatable bonds is 8. The minimum atomic E-state index is -0.641. The Hall–Kier alpha value is -0.650. The number of carboxylic acids is 1. The summed E-state index contributed by atoms with van der Waals surface area (Å²) in [5, 5.41) is 9.51. The van der Waals surface area contributed by atoms with Gasteiger partial charge in [0.2, 0.25) is 0 Å². The normalized spacial score (nSPS) is 18.6. The molecule has 1 saturated heterocycles. The average molecular weight is 285 g/mol. The Balaban J connectivity index is 2.43. The van der Waals surface area contributed by atoms with Crippen LogP contribution in [-0.2, 0) is 4.79 Å². The van der Waals surface area contributed by atoms with Gasteiger partial charge < -0.3 is 10.0 Å². The van der Waals surface area contributed by atoms with Crippen molar-refractivity contribution in [3.05, 3.63) is 0 Å². The van der Waals surface area contributed by atoms with Crippen LogP contribution < -0.4 is 0 Å². The predicted molar refractivity (Wildman–Crippen MR) is 82.1 cm³/mol. The first-order valence-corrected chi connectivity index (χ1v) is 7.76. The smallest absolute Gasteiger partial charge is 0.310 e. The first-order chi connectivity index (χ1) is 9.43. The molecule has 0 amide bonds. The molecule has 118 valence electrons. The van der Waals surface area contributed by atoms with Crippen LogP contribution in [0.1, 0.15) is 26.7 Å². The Morgan fingerprint density at radius 2 is 1.60 bits per heavy atom. The van der Waals surface area contributed by atoms with Gasteiger partial charge in [0.05, 0.1) is 5.41 Å². The molecule has 0 aliphatic carbocycles. The molecule has 1 N–H and O–H groups in total. The Labute approximate surface area is 123 Å². The highest BCUT2D eigenvalue weighted by Crippen LogP contribution is 2.28. The second-order valence-corrected chi connectivity index (χ2v) is 6.21. The molecule has 0 saturated carbocycles. The van der Waals surface area contributed by atoms with Gasteiger partial charge in [-0.15, -0.1) is 0 Å². The summed E-state index contributed by atoms with van der Waals surface area (Å²) in [6.45, 7) is 10.9. The summed E-state index contributed by atoms with van der Waals surface area (Å²) in [4.78, 5) is 18.6. The van der Waals surface area contributed by atoms with E-state index in [2.05, 4.69) is 28.8 Å². The van der Waals surface area contributed by atoms with Gasteiger partial charge in [0.25, 0.3) is 0 Å². The summed E-state index contributed by atoms with van der Waals surface area (Å²) < 4.78 is 0. The first-order valence-electron chi connectivity index (χ1n) is 7.76. The SMILES string of the molecule is CCC(CC)(CN1CCN(CCN(C)C)CC1)C(=O)O. The van der Waals surface area contributed by atoms with Crippen LogP contribution in [0.4, 0.5) is 0 Å². The number of nitrogens with zero attached hydrogens (tertiary/aromatic N) is 3. The third-order valence-electron chi connectivity index (χ3n) is 4.66. The topological polar surface area (TPSA) is 47.0 Å². The second-order valence-electron chi connectivity index (χ2n) is 6.21. The van der Waals surface area contributed by atoms with E-state index in [-0.39, 0.29) is 0 Å². The van der Waals surface area contributed by atoms with Crippen LogP contribution in [0.3, 0.4) is 0 Å². The van der Waals surface area contributed by atoms with Crippen molar-refractivity contribution in [1.82, 2.24) is 14.7 Å². The Morgan fingerprint density at radius 3 is 2.00 bits per heavy atom. The fourth-order valence-corrected chi connectivity index (χ4v) is 2.78. The fraction of sp³-hybridized carbons (Fsp3) is 0.933. The lowest BCUT2D eigenvalue weighted by Crippen LogP contribution is -2.52. The molecule has 5 nitrogen and oxygen atoms in total. The molecule has 1 heterocycles. The van der Waals surface area contributed by atoms with Crippen LogP contribution >= 0.6 is 0 Å². The van der Waals surface area contributed by atoms with E-state index in [9.17, 15) is 9.90 Å². The number of hydrogen-bond donors (Lipinski definition) is 1. The van der Waals surface area contributed by atoms with Crippen LogP contribution in [0.5, 0.6) is 0 Å². The van der Waals surface area contributed by atoms with E-state index in [1.807, 2.05) is 13.8 Å². The fourth-order valence-electron chi connectivity index (χ4n) is 2.78. The largest absolute Gasteiger partial charge is 0.481 e. The zero-order chi connectivity index (χ0) is 15.2. The van der Waals surface area contributed by atoms with Crippen molar-refractivity contribution in [1.29, 1.82) is 0 Å². The van der Waals surface area contributed by atoms with Crippen LogP contribution in [0, 0.1) is 5.41 Å². The maximum Gasteiger partial charge on any atom is 0.310 e. The predicted octanol–water partition coefficient (Wildman–Crippen LogP) is 1.06. The van der Waals surface area contributed by atoms with Gasteiger partial charge in [-0.2, -0.15) is 0 Å². The summed E-state index contributed by atoms with van der Waals surface area (Å²) >= 11 is 0. The number of carboxylic acid groups (broad SMARTS) is 1. The molecular weight excluding hydrogens is 254 g/mol. The Kier molecular flexibility index (Phi) is 6.92. The number of hydrogen-bond acceptors (Lipinski definition) is 4. The van der Waals surface area contributed by atoms with Gasteiger partial charge in [-0.05, 0) is 26.9 Å². The van der Waals surface area contributed by atoms with E-state index in [4.69, 9.17) is 0 Å². The highest BCUT2D eigenvalue weighted by atomic mass is 16.4. The Bertz CT molecular complexity index is 295. The maximum absolute atomic E-state index is 11.6. The van der Waals surface area contributed by atoms with Gasteiger partial charge in [-0.3, -0.25) is 14.6 Å². The van der Waals surface area contributed by atoms with Crippen molar-refractivity contribution in [2.24, 2.45) is 5.41 Å². The molecule has 0 aromatic rings. The molecule has 1 rings (SSSR count). The number of likely N-dealkylation sites (N-methyl/N-ethyl adjacent to an activating group) is 1. The molecule has 0 radical (unpaired) electrons. The molecule has 5 heteroatoms. The van der Waals surface area contributed by atoms with Gasteiger partial charge in [-0.1, -0.05) is 13.8 Å². The zero-order valence-corrected chi connectivity index (χ0v) is 13.6. The summed E-state index contributed by atoms with van der Waals surface area (Å²) in [6.07, 6.45) is 1.42. The molecule has 20 heavy (non-hydrogen) atoms. The molecule has 1 aliphatic rings. The van der Waals surface area contributed by atoms with E-state index in [1.165, 1.54) is 0 Å². The Morgan fingerprint density at radius 1 is 1.10 bits per heavy atom. The molecule has 0 unspecified atom stereocenters. The molecule has 1 aliphatic heterocycles. The maximum atomic E-state index is 11.6. The van der Waals surface area contributed by atoms with Gasteiger partial charge in [0.1, 0.15) is 0 Å². The quantitative estimate of drug-likeness (QED) is 0.722. The summed E-state index contributed by atoms with van der Waals surface area (Å²) in [7, 11) is 4.19. The highest BCUT2D eigenvalue weighted by Gasteiger charge is 2.37.